The lowest BCUT2D eigenvalue weighted by Crippen LogP contribution is -2.32. The highest BCUT2D eigenvalue weighted by Gasteiger charge is 2.16. The predicted molar refractivity (Wildman–Crippen MR) is 87.7 cm³/mol. The molecule has 0 fully saturated rings. The van der Waals surface area contributed by atoms with Gasteiger partial charge in [0.15, 0.2) is 11.5 Å². The molecule has 0 spiro atoms. The van der Waals surface area contributed by atoms with Crippen molar-refractivity contribution < 1.29 is 27.1 Å². The Labute approximate surface area is 143 Å². The second-order valence-electron chi connectivity index (χ2n) is 5.19. The Balaban J connectivity index is 1.60. The van der Waals surface area contributed by atoms with Crippen LogP contribution in [0.4, 0.5) is 10.1 Å². The molecule has 0 atom stereocenters. The number of nitrogens with one attached hydrogen (secondary N) is 2. The SMILES string of the molecule is O=C(CNS(=O)(=O)c1ccc(F)cc1)Nc1ccc2c(c1)OCCO2. The summed E-state index contributed by atoms with van der Waals surface area (Å²) in [6, 6.07) is 9.19. The first-order valence-corrected chi connectivity index (χ1v) is 8.87. The maximum absolute atomic E-state index is 12.9. The van der Waals surface area contributed by atoms with E-state index in [1.54, 1.807) is 18.2 Å². The van der Waals surface area contributed by atoms with Gasteiger partial charge in [0.1, 0.15) is 19.0 Å². The zero-order valence-electron chi connectivity index (χ0n) is 13.0. The summed E-state index contributed by atoms with van der Waals surface area (Å²) in [6.45, 7) is 0.417. The number of carbonyl (C=O) groups excluding carboxylic acids is 1. The maximum atomic E-state index is 12.9. The average Bonchev–Trinajstić information content (AvgIpc) is 2.60. The number of benzene rings is 2. The quantitative estimate of drug-likeness (QED) is 0.837. The monoisotopic (exact) mass is 366 g/mol. The standard InChI is InChI=1S/C16H15FN2O5S/c17-11-1-4-13(5-2-11)25(21,22)18-10-16(20)19-12-3-6-14-15(9-12)24-8-7-23-14/h1-6,9,18H,7-8,10H2,(H,19,20). The van der Waals surface area contributed by atoms with Crippen LogP contribution in [0.15, 0.2) is 47.4 Å². The third-order valence-electron chi connectivity index (χ3n) is 3.37. The summed E-state index contributed by atoms with van der Waals surface area (Å²) in [4.78, 5) is 11.8. The minimum Gasteiger partial charge on any atom is -0.486 e. The van der Waals surface area contributed by atoms with Gasteiger partial charge in [0, 0.05) is 11.8 Å². The van der Waals surface area contributed by atoms with Crippen LogP contribution in [0.25, 0.3) is 0 Å². The van der Waals surface area contributed by atoms with Gasteiger partial charge in [0.05, 0.1) is 11.4 Å². The number of hydrogen-bond donors (Lipinski definition) is 2. The number of halogens is 1. The van der Waals surface area contributed by atoms with Crippen LogP contribution in [0.5, 0.6) is 11.5 Å². The van der Waals surface area contributed by atoms with Crippen LogP contribution in [-0.4, -0.2) is 34.1 Å². The number of anilines is 1. The summed E-state index contributed by atoms with van der Waals surface area (Å²) in [6.07, 6.45) is 0. The third kappa shape index (κ3) is 4.25. The molecule has 1 amide bonds. The van der Waals surface area contributed by atoms with Crippen LogP contribution in [0.3, 0.4) is 0 Å². The average molecular weight is 366 g/mol. The van der Waals surface area contributed by atoms with Gasteiger partial charge in [-0.1, -0.05) is 0 Å². The van der Waals surface area contributed by atoms with Crippen LogP contribution in [0, 0.1) is 5.82 Å². The maximum Gasteiger partial charge on any atom is 0.241 e. The second kappa shape index (κ2) is 7.08. The van der Waals surface area contributed by atoms with E-state index in [2.05, 4.69) is 10.0 Å². The van der Waals surface area contributed by atoms with Crippen LogP contribution in [0.2, 0.25) is 0 Å². The van der Waals surface area contributed by atoms with E-state index in [1.807, 2.05) is 0 Å². The van der Waals surface area contributed by atoms with Crippen LogP contribution in [0.1, 0.15) is 0 Å². The van der Waals surface area contributed by atoms with Crippen molar-refractivity contribution >= 4 is 21.6 Å². The highest BCUT2D eigenvalue weighted by molar-refractivity contribution is 7.89. The lowest BCUT2D eigenvalue weighted by atomic mass is 10.2. The van der Waals surface area contributed by atoms with E-state index in [4.69, 9.17) is 9.47 Å². The number of amides is 1. The largest absolute Gasteiger partial charge is 0.486 e. The van der Waals surface area contributed by atoms with E-state index in [-0.39, 0.29) is 4.90 Å². The van der Waals surface area contributed by atoms with Gasteiger partial charge in [-0.2, -0.15) is 0 Å². The summed E-state index contributed by atoms with van der Waals surface area (Å²) >= 11 is 0. The number of sulfonamides is 1. The van der Waals surface area contributed by atoms with Crippen molar-refractivity contribution in [3.63, 3.8) is 0 Å². The Kier molecular flexibility index (Phi) is 4.86. The molecule has 0 radical (unpaired) electrons. The molecule has 3 rings (SSSR count). The fourth-order valence-electron chi connectivity index (χ4n) is 2.18. The molecule has 0 aromatic heterocycles. The van der Waals surface area contributed by atoms with Crippen molar-refractivity contribution in [3.05, 3.63) is 48.3 Å². The summed E-state index contributed by atoms with van der Waals surface area (Å²) in [5.41, 5.74) is 0.454. The zero-order chi connectivity index (χ0) is 17.9. The molecule has 2 aromatic rings. The Morgan fingerprint density at radius 3 is 2.44 bits per heavy atom. The molecule has 1 heterocycles. The van der Waals surface area contributed by atoms with E-state index < -0.39 is 28.3 Å². The van der Waals surface area contributed by atoms with Crippen molar-refractivity contribution in [1.29, 1.82) is 0 Å². The lowest BCUT2D eigenvalue weighted by molar-refractivity contribution is -0.115. The molecule has 1 aliphatic heterocycles. The van der Waals surface area contributed by atoms with Gasteiger partial charge in [-0.3, -0.25) is 4.79 Å². The minimum absolute atomic E-state index is 0.124. The van der Waals surface area contributed by atoms with Crippen molar-refractivity contribution in [2.45, 2.75) is 4.90 Å². The van der Waals surface area contributed by atoms with Crippen molar-refractivity contribution in [1.82, 2.24) is 4.72 Å². The fraction of sp³-hybridized carbons (Fsp3) is 0.188. The van der Waals surface area contributed by atoms with Gasteiger partial charge in [-0.25, -0.2) is 17.5 Å². The van der Waals surface area contributed by atoms with E-state index in [9.17, 15) is 17.6 Å². The molecule has 132 valence electrons. The number of carbonyl (C=O) groups is 1. The van der Waals surface area contributed by atoms with Crippen molar-refractivity contribution in [2.75, 3.05) is 25.1 Å². The van der Waals surface area contributed by atoms with Crippen molar-refractivity contribution in [2.24, 2.45) is 0 Å². The smallest absolute Gasteiger partial charge is 0.241 e. The summed E-state index contributed by atoms with van der Waals surface area (Å²) in [7, 11) is -3.90. The summed E-state index contributed by atoms with van der Waals surface area (Å²) < 4.78 is 49.9. The highest BCUT2D eigenvalue weighted by Crippen LogP contribution is 2.32. The van der Waals surface area contributed by atoms with Crippen molar-refractivity contribution in [3.8, 4) is 11.5 Å². The summed E-state index contributed by atoms with van der Waals surface area (Å²) in [5, 5.41) is 2.56. The van der Waals surface area contributed by atoms with Gasteiger partial charge in [0.25, 0.3) is 0 Å². The Morgan fingerprint density at radius 2 is 1.72 bits per heavy atom. The number of ether oxygens (including phenoxy) is 2. The first-order chi connectivity index (χ1) is 11.9. The van der Waals surface area contributed by atoms with Crippen LogP contribution < -0.4 is 19.5 Å². The molecule has 0 unspecified atom stereocenters. The molecule has 1 aliphatic rings. The number of hydrogen-bond acceptors (Lipinski definition) is 5. The molecule has 25 heavy (non-hydrogen) atoms. The Bertz CT molecular complexity index is 884. The Hall–Kier alpha value is -2.65. The topological polar surface area (TPSA) is 93.7 Å². The van der Waals surface area contributed by atoms with E-state index in [1.165, 1.54) is 0 Å². The highest BCUT2D eigenvalue weighted by atomic mass is 32.2. The number of rotatable bonds is 5. The fourth-order valence-corrected chi connectivity index (χ4v) is 3.17. The molecule has 7 nitrogen and oxygen atoms in total. The first kappa shape index (κ1) is 17.2. The molecular formula is C16H15FN2O5S. The van der Waals surface area contributed by atoms with Gasteiger partial charge in [-0.15, -0.1) is 0 Å². The molecule has 2 aromatic carbocycles. The first-order valence-electron chi connectivity index (χ1n) is 7.39. The molecular weight excluding hydrogens is 351 g/mol. The van der Waals surface area contributed by atoms with Crippen LogP contribution >= 0.6 is 0 Å². The minimum atomic E-state index is -3.90. The molecule has 0 bridgehead atoms. The Morgan fingerprint density at radius 1 is 1.04 bits per heavy atom. The van der Waals surface area contributed by atoms with E-state index >= 15 is 0 Å². The molecule has 0 saturated carbocycles. The summed E-state index contributed by atoms with van der Waals surface area (Å²) in [5.74, 6) is -0.00475. The molecule has 2 N–H and O–H groups in total. The number of fused-ring (bicyclic) bond motifs is 1. The van der Waals surface area contributed by atoms with Gasteiger partial charge < -0.3 is 14.8 Å². The third-order valence-corrected chi connectivity index (χ3v) is 4.79. The van der Waals surface area contributed by atoms with E-state index in [0.29, 0.717) is 30.4 Å². The zero-order valence-corrected chi connectivity index (χ0v) is 13.8. The van der Waals surface area contributed by atoms with Gasteiger partial charge >= 0.3 is 0 Å². The predicted octanol–water partition coefficient (Wildman–Crippen LogP) is 1.51. The molecule has 9 heteroatoms. The molecule has 0 aliphatic carbocycles. The van der Waals surface area contributed by atoms with E-state index in [0.717, 1.165) is 24.3 Å². The second-order valence-corrected chi connectivity index (χ2v) is 6.95. The van der Waals surface area contributed by atoms with Crippen LogP contribution in [-0.2, 0) is 14.8 Å². The lowest BCUT2D eigenvalue weighted by Gasteiger charge is -2.19. The normalized spacial score (nSPS) is 13.3. The van der Waals surface area contributed by atoms with Gasteiger partial charge in [0.2, 0.25) is 15.9 Å². The molecule has 0 saturated heterocycles. The van der Waals surface area contributed by atoms with Gasteiger partial charge in [-0.05, 0) is 36.4 Å².